The molecule has 6 nitrogen and oxygen atoms in total. The normalized spacial score (nSPS) is 28.6. The summed E-state index contributed by atoms with van der Waals surface area (Å²) in [6.07, 6.45) is 7.94. The van der Waals surface area contributed by atoms with Gasteiger partial charge in [-0.2, -0.15) is 5.01 Å². The van der Waals surface area contributed by atoms with E-state index in [0.717, 1.165) is 5.01 Å². The van der Waals surface area contributed by atoms with Gasteiger partial charge in [-0.05, 0) is 12.8 Å². The predicted octanol–water partition coefficient (Wildman–Crippen LogP) is -0.135. The molecule has 1 aliphatic heterocycles. The van der Waals surface area contributed by atoms with Gasteiger partial charge in [-0.1, -0.05) is 12.2 Å². The first-order chi connectivity index (χ1) is 7.79. The lowest BCUT2D eigenvalue weighted by molar-refractivity contribution is -0.124. The molecule has 1 saturated heterocycles. The Morgan fingerprint density at radius 1 is 1.00 bits per heavy atom. The van der Waals surface area contributed by atoms with E-state index in [2.05, 4.69) is 10.2 Å². The number of fused-ring (bicyclic) bond motifs is 1. The summed E-state index contributed by atoms with van der Waals surface area (Å²) < 4.78 is 1.35. The summed E-state index contributed by atoms with van der Waals surface area (Å²) in [7, 11) is 0. The first kappa shape index (κ1) is 9.26. The van der Waals surface area contributed by atoms with Crippen molar-refractivity contribution in [3.63, 3.8) is 0 Å². The third kappa shape index (κ3) is 1.13. The Balaban J connectivity index is 1.98. The summed E-state index contributed by atoms with van der Waals surface area (Å²) >= 11 is 0. The molecule has 0 spiro atoms. The first-order valence-electron chi connectivity index (χ1n) is 5.17. The van der Waals surface area contributed by atoms with Gasteiger partial charge in [0.2, 0.25) is 0 Å². The highest BCUT2D eigenvalue weighted by molar-refractivity contribution is 6.16. The van der Waals surface area contributed by atoms with Gasteiger partial charge >= 0.3 is 0 Å². The van der Waals surface area contributed by atoms with Gasteiger partial charge in [-0.15, -0.1) is 10.2 Å². The highest BCUT2D eigenvalue weighted by Crippen LogP contribution is 2.33. The summed E-state index contributed by atoms with van der Waals surface area (Å²) in [5.74, 6) is -0.724. The quantitative estimate of drug-likeness (QED) is 0.486. The molecule has 1 aromatic heterocycles. The number of nitrogens with zero attached hydrogens (tertiary/aromatic N) is 4. The van der Waals surface area contributed by atoms with Crippen LogP contribution in [-0.4, -0.2) is 26.7 Å². The molecule has 16 heavy (non-hydrogen) atoms. The minimum absolute atomic E-state index is 0.154. The van der Waals surface area contributed by atoms with Crippen molar-refractivity contribution in [1.29, 1.82) is 0 Å². The maximum atomic E-state index is 12.0. The molecule has 0 aromatic carbocycles. The Morgan fingerprint density at radius 3 is 2.00 bits per heavy atom. The number of carbonyl (C=O) groups is 2. The average molecular weight is 218 g/mol. The Bertz CT molecular complexity index is 439. The maximum Gasteiger partial charge on any atom is 0.252 e. The molecule has 0 N–H and O–H groups in total. The zero-order valence-electron chi connectivity index (χ0n) is 8.48. The molecule has 2 heterocycles. The average Bonchev–Trinajstić information content (AvgIpc) is 2.89. The summed E-state index contributed by atoms with van der Waals surface area (Å²) in [6.45, 7) is 0. The van der Waals surface area contributed by atoms with E-state index >= 15 is 0 Å². The van der Waals surface area contributed by atoms with E-state index in [1.54, 1.807) is 0 Å². The molecule has 1 aromatic rings. The van der Waals surface area contributed by atoms with Crippen molar-refractivity contribution in [2.45, 2.75) is 12.8 Å². The summed E-state index contributed by atoms with van der Waals surface area (Å²) in [4.78, 5) is 24.1. The van der Waals surface area contributed by atoms with Gasteiger partial charge in [-0.25, -0.2) is 4.68 Å². The van der Waals surface area contributed by atoms with Crippen molar-refractivity contribution in [1.82, 2.24) is 14.9 Å². The molecule has 6 heteroatoms. The lowest BCUT2D eigenvalue weighted by atomic mass is 9.85. The van der Waals surface area contributed by atoms with Crippen LogP contribution >= 0.6 is 0 Å². The molecule has 0 unspecified atom stereocenters. The Hall–Kier alpha value is -1.98. The van der Waals surface area contributed by atoms with Crippen molar-refractivity contribution in [3.05, 3.63) is 24.8 Å². The van der Waals surface area contributed by atoms with E-state index in [-0.39, 0.29) is 23.7 Å². The summed E-state index contributed by atoms with van der Waals surface area (Å²) in [5.41, 5.74) is 0. The lowest BCUT2D eigenvalue weighted by Crippen LogP contribution is -2.40. The molecule has 2 amide bonds. The van der Waals surface area contributed by atoms with Gasteiger partial charge in [-0.3, -0.25) is 9.59 Å². The molecule has 1 fully saturated rings. The monoisotopic (exact) mass is 218 g/mol. The van der Waals surface area contributed by atoms with E-state index in [0.29, 0.717) is 12.8 Å². The van der Waals surface area contributed by atoms with Crippen molar-refractivity contribution >= 4 is 11.8 Å². The number of allylic oxidation sites excluding steroid dienone is 2. The second-order valence-electron chi connectivity index (χ2n) is 3.99. The number of rotatable bonds is 1. The zero-order valence-corrected chi connectivity index (χ0v) is 8.48. The van der Waals surface area contributed by atoms with Crippen molar-refractivity contribution < 1.29 is 9.59 Å². The number of carbonyl (C=O) groups excluding carboxylic acids is 2. The minimum Gasteiger partial charge on any atom is -0.272 e. The summed E-state index contributed by atoms with van der Waals surface area (Å²) in [5, 5.41) is 8.35. The molecule has 2 aliphatic rings. The van der Waals surface area contributed by atoms with Crippen molar-refractivity contribution in [3.8, 4) is 0 Å². The number of aromatic nitrogens is 3. The fourth-order valence-electron chi connectivity index (χ4n) is 2.31. The number of hydrogen-bond acceptors (Lipinski definition) is 4. The minimum atomic E-state index is -0.208. The maximum absolute atomic E-state index is 12.0. The first-order valence-corrected chi connectivity index (χ1v) is 5.17. The number of hydrogen-bond donors (Lipinski definition) is 0. The summed E-state index contributed by atoms with van der Waals surface area (Å²) in [6, 6.07) is 0. The fraction of sp³-hybridized carbons (Fsp3) is 0.400. The molecular weight excluding hydrogens is 208 g/mol. The van der Waals surface area contributed by atoms with Crippen LogP contribution in [0, 0.1) is 11.8 Å². The smallest absolute Gasteiger partial charge is 0.252 e. The molecule has 0 radical (unpaired) electrons. The lowest BCUT2D eigenvalue weighted by Gasteiger charge is -2.14. The van der Waals surface area contributed by atoms with Crippen LogP contribution in [0.15, 0.2) is 24.8 Å². The van der Waals surface area contributed by atoms with E-state index in [4.69, 9.17) is 0 Å². The third-order valence-corrected chi connectivity index (χ3v) is 3.12. The number of imide groups is 1. The zero-order chi connectivity index (χ0) is 11.1. The Labute approximate surface area is 91.5 Å². The molecule has 0 bridgehead atoms. The van der Waals surface area contributed by atoms with Gasteiger partial charge in [0.15, 0.2) is 0 Å². The molecule has 2 atom stereocenters. The van der Waals surface area contributed by atoms with Crippen LogP contribution in [0.2, 0.25) is 0 Å². The van der Waals surface area contributed by atoms with Gasteiger partial charge in [0, 0.05) is 0 Å². The van der Waals surface area contributed by atoms with Crippen LogP contribution in [0.25, 0.3) is 0 Å². The molecule has 3 rings (SSSR count). The van der Waals surface area contributed by atoms with Gasteiger partial charge in [0.1, 0.15) is 12.7 Å². The van der Waals surface area contributed by atoms with Crippen LogP contribution < -0.4 is 5.01 Å². The Kier molecular flexibility index (Phi) is 1.89. The molecule has 1 aliphatic carbocycles. The van der Waals surface area contributed by atoms with Gasteiger partial charge in [0.05, 0.1) is 11.8 Å². The second kappa shape index (κ2) is 3.26. The van der Waals surface area contributed by atoms with Crippen LogP contribution in [0.1, 0.15) is 12.8 Å². The molecule has 82 valence electrons. The fourth-order valence-corrected chi connectivity index (χ4v) is 2.31. The largest absolute Gasteiger partial charge is 0.272 e. The highest BCUT2D eigenvalue weighted by Gasteiger charge is 2.48. The van der Waals surface area contributed by atoms with Crippen LogP contribution in [-0.2, 0) is 9.59 Å². The van der Waals surface area contributed by atoms with E-state index in [1.165, 1.54) is 17.3 Å². The van der Waals surface area contributed by atoms with Crippen LogP contribution in [0.5, 0.6) is 0 Å². The van der Waals surface area contributed by atoms with Crippen LogP contribution in [0.3, 0.4) is 0 Å². The third-order valence-electron chi connectivity index (χ3n) is 3.12. The van der Waals surface area contributed by atoms with E-state index in [9.17, 15) is 9.59 Å². The van der Waals surface area contributed by atoms with Gasteiger partial charge < -0.3 is 0 Å². The van der Waals surface area contributed by atoms with Crippen molar-refractivity contribution in [2.24, 2.45) is 11.8 Å². The van der Waals surface area contributed by atoms with E-state index in [1.807, 2.05) is 12.2 Å². The second-order valence-corrected chi connectivity index (χ2v) is 3.99. The Morgan fingerprint density at radius 2 is 1.50 bits per heavy atom. The standard InChI is InChI=1S/C10H10N4O2/c15-9-7-3-1-2-4-8(7)10(16)14(9)13-5-11-12-6-13/h1-2,5-8H,3-4H2/t7-,8-/m1/s1. The highest BCUT2D eigenvalue weighted by atomic mass is 16.2. The SMILES string of the molecule is O=C1[C@@H]2CC=CC[C@H]2C(=O)N1n1cnnc1. The topological polar surface area (TPSA) is 68.1 Å². The van der Waals surface area contributed by atoms with Crippen molar-refractivity contribution in [2.75, 3.05) is 5.01 Å². The number of amides is 2. The molecular formula is C10H10N4O2. The predicted molar refractivity (Wildman–Crippen MR) is 53.6 cm³/mol. The van der Waals surface area contributed by atoms with E-state index < -0.39 is 0 Å². The molecule has 0 saturated carbocycles. The van der Waals surface area contributed by atoms with Crippen LogP contribution in [0.4, 0.5) is 0 Å². The van der Waals surface area contributed by atoms with Gasteiger partial charge in [0.25, 0.3) is 11.8 Å².